The molecule has 0 amide bonds. The minimum absolute atomic E-state index is 0.320. The van der Waals surface area contributed by atoms with E-state index in [-0.39, 0.29) is 0 Å². The lowest BCUT2D eigenvalue weighted by Crippen LogP contribution is -2.37. The summed E-state index contributed by atoms with van der Waals surface area (Å²) in [6.07, 6.45) is 7.07. The van der Waals surface area contributed by atoms with Crippen molar-refractivity contribution in [1.29, 1.82) is 0 Å². The third kappa shape index (κ3) is 2.08. The van der Waals surface area contributed by atoms with Gasteiger partial charge in [0, 0.05) is 18.2 Å². The molecule has 1 aromatic carbocycles. The van der Waals surface area contributed by atoms with Gasteiger partial charge in [0.25, 0.3) is 0 Å². The number of hydrogen-bond acceptors (Lipinski definition) is 3. The zero-order valence-corrected chi connectivity index (χ0v) is 10.6. The van der Waals surface area contributed by atoms with Gasteiger partial charge in [0.05, 0.1) is 23.9 Å². The van der Waals surface area contributed by atoms with Crippen LogP contribution in [-0.2, 0) is 4.74 Å². The highest BCUT2D eigenvalue weighted by atomic mass is 16.5. The molecule has 0 aliphatic heterocycles. The molecule has 1 aliphatic rings. The lowest BCUT2D eigenvalue weighted by atomic mass is 9.92. The van der Waals surface area contributed by atoms with E-state index in [2.05, 4.69) is 21.6 Å². The number of fused-ring (bicyclic) bond motifs is 1. The number of anilines is 1. The van der Waals surface area contributed by atoms with Crippen LogP contribution in [0.15, 0.2) is 24.4 Å². The summed E-state index contributed by atoms with van der Waals surface area (Å²) in [4.78, 5) is 0. The molecule has 2 N–H and O–H groups in total. The molecular weight excluding hydrogens is 226 g/mol. The van der Waals surface area contributed by atoms with Gasteiger partial charge in [-0.05, 0) is 25.0 Å². The minimum atomic E-state index is 0.320. The van der Waals surface area contributed by atoms with Gasteiger partial charge < -0.3 is 10.1 Å². The van der Waals surface area contributed by atoms with Crippen LogP contribution in [0.1, 0.15) is 25.7 Å². The maximum Gasteiger partial charge on any atom is 0.0772 e. The molecule has 1 aliphatic carbocycles. The highest BCUT2D eigenvalue weighted by Crippen LogP contribution is 2.27. The maximum atomic E-state index is 5.58. The van der Waals surface area contributed by atoms with Gasteiger partial charge in [-0.1, -0.05) is 18.9 Å². The zero-order chi connectivity index (χ0) is 12.4. The van der Waals surface area contributed by atoms with E-state index in [9.17, 15) is 0 Å². The van der Waals surface area contributed by atoms with Gasteiger partial charge in [0.2, 0.25) is 0 Å². The number of aromatic nitrogens is 2. The van der Waals surface area contributed by atoms with E-state index < -0.39 is 0 Å². The molecule has 0 saturated heterocycles. The van der Waals surface area contributed by atoms with Crippen molar-refractivity contribution in [2.45, 2.75) is 37.8 Å². The number of nitrogens with zero attached hydrogens (tertiary/aromatic N) is 1. The van der Waals surface area contributed by atoms with Gasteiger partial charge >= 0.3 is 0 Å². The fourth-order valence-electron chi connectivity index (χ4n) is 2.84. The molecule has 18 heavy (non-hydrogen) atoms. The van der Waals surface area contributed by atoms with Crippen LogP contribution in [-0.4, -0.2) is 29.5 Å². The molecule has 2 unspecified atom stereocenters. The van der Waals surface area contributed by atoms with Crippen LogP contribution in [0.4, 0.5) is 5.69 Å². The van der Waals surface area contributed by atoms with Crippen LogP contribution in [0.25, 0.3) is 10.9 Å². The van der Waals surface area contributed by atoms with Gasteiger partial charge in [0.15, 0.2) is 0 Å². The number of nitrogens with one attached hydrogen (secondary N) is 2. The Kier molecular flexibility index (Phi) is 3.19. The maximum absolute atomic E-state index is 5.58. The molecule has 1 saturated carbocycles. The summed E-state index contributed by atoms with van der Waals surface area (Å²) in [5, 5.41) is 11.9. The molecule has 1 heterocycles. The first-order chi connectivity index (χ1) is 8.88. The first kappa shape index (κ1) is 11.5. The fourth-order valence-corrected chi connectivity index (χ4v) is 2.84. The Balaban J connectivity index is 1.84. The Bertz CT molecular complexity index is 522. The molecule has 0 spiro atoms. The summed E-state index contributed by atoms with van der Waals surface area (Å²) in [5.74, 6) is 0. The van der Waals surface area contributed by atoms with E-state index >= 15 is 0 Å². The van der Waals surface area contributed by atoms with Gasteiger partial charge in [-0.3, -0.25) is 5.10 Å². The van der Waals surface area contributed by atoms with Crippen molar-refractivity contribution >= 4 is 16.6 Å². The summed E-state index contributed by atoms with van der Waals surface area (Å²) in [6.45, 7) is 0. The normalized spacial score (nSPS) is 24.3. The summed E-state index contributed by atoms with van der Waals surface area (Å²) < 4.78 is 5.58. The Morgan fingerprint density at radius 1 is 1.33 bits per heavy atom. The van der Waals surface area contributed by atoms with E-state index in [1.807, 2.05) is 25.4 Å². The van der Waals surface area contributed by atoms with Crippen LogP contribution >= 0.6 is 0 Å². The average Bonchev–Trinajstić information content (AvgIpc) is 2.89. The predicted molar refractivity (Wildman–Crippen MR) is 72.8 cm³/mol. The van der Waals surface area contributed by atoms with Gasteiger partial charge in [0.1, 0.15) is 0 Å². The number of ether oxygens (including phenoxy) is 1. The molecule has 2 atom stereocenters. The quantitative estimate of drug-likeness (QED) is 0.874. The van der Waals surface area contributed by atoms with Crippen LogP contribution in [0.5, 0.6) is 0 Å². The van der Waals surface area contributed by atoms with E-state index in [4.69, 9.17) is 4.74 Å². The number of rotatable bonds is 3. The van der Waals surface area contributed by atoms with Crippen molar-refractivity contribution in [3.05, 3.63) is 24.4 Å². The Morgan fingerprint density at radius 3 is 3.11 bits per heavy atom. The molecule has 2 aromatic rings. The van der Waals surface area contributed by atoms with E-state index in [1.165, 1.54) is 19.3 Å². The van der Waals surface area contributed by atoms with Crippen LogP contribution in [0, 0.1) is 0 Å². The lowest BCUT2D eigenvalue weighted by Gasteiger charge is -2.32. The van der Waals surface area contributed by atoms with Gasteiger partial charge in [-0.25, -0.2) is 0 Å². The highest BCUT2D eigenvalue weighted by molar-refractivity contribution is 5.90. The molecule has 4 nitrogen and oxygen atoms in total. The number of H-pyrrole nitrogens is 1. The summed E-state index contributed by atoms with van der Waals surface area (Å²) in [6, 6.07) is 6.61. The van der Waals surface area contributed by atoms with Crippen LogP contribution in [0.2, 0.25) is 0 Å². The average molecular weight is 245 g/mol. The highest BCUT2D eigenvalue weighted by Gasteiger charge is 2.25. The molecule has 0 radical (unpaired) electrons. The Labute approximate surface area is 107 Å². The second-order valence-corrected chi connectivity index (χ2v) is 4.95. The molecule has 3 rings (SSSR count). The summed E-state index contributed by atoms with van der Waals surface area (Å²) in [5.41, 5.74) is 2.22. The monoisotopic (exact) mass is 245 g/mol. The van der Waals surface area contributed by atoms with Crippen molar-refractivity contribution in [1.82, 2.24) is 10.2 Å². The van der Waals surface area contributed by atoms with Crippen molar-refractivity contribution in [2.75, 3.05) is 12.4 Å². The SMILES string of the molecule is COC1CCCCC1Nc1cccc2[nH]ncc12. The third-order valence-corrected chi connectivity index (χ3v) is 3.83. The minimum Gasteiger partial charge on any atom is -0.379 e. The summed E-state index contributed by atoms with van der Waals surface area (Å²) >= 11 is 0. The van der Waals surface area contributed by atoms with Crippen molar-refractivity contribution in [3.8, 4) is 0 Å². The molecule has 0 bridgehead atoms. The third-order valence-electron chi connectivity index (χ3n) is 3.83. The van der Waals surface area contributed by atoms with Crippen molar-refractivity contribution < 1.29 is 4.74 Å². The number of hydrogen-bond donors (Lipinski definition) is 2. The Morgan fingerprint density at radius 2 is 2.22 bits per heavy atom. The number of benzene rings is 1. The van der Waals surface area contributed by atoms with E-state index in [0.717, 1.165) is 23.0 Å². The molecule has 1 aromatic heterocycles. The zero-order valence-electron chi connectivity index (χ0n) is 10.6. The largest absolute Gasteiger partial charge is 0.379 e. The Hall–Kier alpha value is -1.55. The second kappa shape index (κ2) is 4.98. The van der Waals surface area contributed by atoms with Crippen LogP contribution < -0.4 is 5.32 Å². The van der Waals surface area contributed by atoms with Crippen molar-refractivity contribution in [3.63, 3.8) is 0 Å². The molecular formula is C14H19N3O. The first-order valence-electron chi connectivity index (χ1n) is 6.60. The second-order valence-electron chi connectivity index (χ2n) is 4.95. The summed E-state index contributed by atoms with van der Waals surface area (Å²) in [7, 11) is 1.81. The number of aromatic amines is 1. The van der Waals surface area contributed by atoms with E-state index in [1.54, 1.807) is 0 Å². The smallest absolute Gasteiger partial charge is 0.0772 e. The predicted octanol–water partition coefficient (Wildman–Crippen LogP) is 2.93. The standard InChI is InChI=1S/C14H19N3O/c1-18-14-8-3-2-5-13(14)16-11-6-4-7-12-10(11)9-15-17-12/h4,6-7,9,13-14,16H,2-3,5,8H2,1H3,(H,15,17). The first-order valence-corrected chi connectivity index (χ1v) is 6.60. The van der Waals surface area contributed by atoms with Gasteiger partial charge in [-0.2, -0.15) is 5.10 Å². The van der Waals surface area contributed by atoms with Crippen LogP contribution in [0.3, 0.4) is 0 Å². The number of methoxy groups -OCH3 is 1. The lowest BCUT2D eigenvalue weighted by molar-refractivity contribution is 0.0606. The fraction of sp³-hybridized carbons (Fsp3) is 0.500. The molecule has 96 valence electrons. The van der Waals surface area contributed by atoms with Crippen molar-refractivity contribution in [2.24, 2.45) is 0 Å². The van der Waals surface area contributed by atoms with E-state index in [0.29, 0.717) is 12.1 Å². The van der Waals surface area contributed by atoms with Gasteiger partial charge in [-0.15, -0.1) is 0 Å². The topological polar surface area (TPSA) is 49.9 Å². The molecule has 1 fully saturated rings. The molecule has 4 heteroatoms.